The van der Waals surface area contributed by atoms with Crippen molar-refractivity contribution in [1.29, 1.82) is 0 Å². The Balaban J connectivity index is 1.12. The first-order valence-corrected chi connectivity index (χ1v) is 28.4. The maximum absolute atomic E-state index is 6.18. The van der Waals surface area contributed by atoms with E-state index in [0.29, 0.717) is 0 Å². The highest BCUT2D eigenvalue weighted by Gasteiger charge is 2.30. The van der Waals surface area contributed by atoms with Crippen LogP contribution in [0.4, 0.5) is 34.1 Å². The standard InChI is InChI=1S/C76H68N2O2/c1-47(2)79-57-39-35-55(36-40-57)77(53-31-27-51(28-32-53)75(5,6)7)65-45-43-63-69-59(65)23-17-25-61(69)71-67(49-19-13-11-14-20-49)74-64-44-46-66(60-24-18-26-62(70(60)64)72(74)68(73(63)71)50-21-15-12-16-22-50)78(54-33-29-52(30-34-54)76(8,9)10)56-37-41-58(42-38-56)80-48(3)4/h11-48H,1-10H3. The molecule has 0 fully saturated rings. The third kappa shape index (κ3) is 8.61. The molecule has 13 aromatic carbocycles. The summed E-state index contributed by atoms with van der Waals surface area (Å²) in [7, 11) is 0. The van der Waals surface area contributed by atoms with Gasteiger partial charge in [0.25, 0.3) is 0 Å². The van der Waals surface area contributed by atoms with Gasteiger partial charge < -0.3 is 19.3 Å². The molecule has 0 amide bonds. The second kappa shape index (κ2) is 19.5. The smallest absolute Gasteiger partial charge is 0.119 e. The summed E-state index contributed by atoms with van der Waals surface area (Å²) in [5.74, 6) is 1.72. The topological polar surface area (TPSA) is 24.9 Å². The van der Waals surface area contributed by atoms with Gasteiger partial charge in [0.2, 0.25) is 0 Å². The maximum atomic E-state index is 6.18. The van der Waals surface area contributed by atoms with Crippen LogP contribution in [0.25, 0.3) is 86.9 Å². The third-order valence-electron chi connectivity index (χ3n) is 16.1. The summed E-state index contributed by atoms with van der Waals surface area (Å²) in [6.45, 7) is 22.0. The highest BCUT2D eigenvalue weighted by molar-refractivity contribution is 6.47. The van der Waals surface area contributed by atoms with Crippen molar-refractivity contribution in [2.24, 2.45) is 0 Å². The molecule has 0 saturated heterocycles. The van der Waals surface area contributed by atoms with Crippen LogP contribution in [0.5, 0.6) is 11.5 Å². The summed E-state index contributed by atoms with van der Waals surface area (Å²) in [6, 6.07) is 81.3. The Morgan fingerprint density at radius 3 is 0.900 bits per heavy atom. The molecule has 0 heterocycles. The SMILES string of the molecule is CC(C)Oc1ccc(N(c2ccc(C(C)(C)C)cc2)c2ccc3c4c(-c5ccccc5)c5c6cccc7c(N(c8ccc(OC(C)C)cc8)c8ccc(C(C)(C)C)cc8)ccc(c5c(-c5ccccc5)c4c4cccc2c43)c76)cc1. The second-order valence-electron chi connectivity index (χ2n) is 24.3. The van der Waals surface area contributed by atoms with Crippen molar-refractivity contribution in [3.8, 4) is 33.8 Å². The molecule has 0 bridgehead atoms. The summed E-state index contributed by atoms with van der Waals surface area (Å²) in [4.78, 5) is 4.86. The van der Waals surface area contributed by atoms with E-state index in [0.717, 1.165) is 45.6 Å². The molecule has 0 unspecified atom stereocenters. The van der Waals surface area contributed by atoms with E-state index in [1.54, 1.807) is 0 Å². The fraction of sp³-hybridized carbons (Fsp3) is 0.184. The molecule has 0 saturated carbocycles. The van der Waals surface area contributed by atoms with Crippen molar-refractivity contribution >= 4 is 98.8 Å². The molecule has 4 nitrogen and oxygen atoms in total. The van der Waals surface area contributed by atoms with Gasteiger partial charge in [0, 0.05) is 33.5 Å². The summed E-state index contributed by atoms with van der Waals surface area (Å²) in [6.07, 6.45) is 0.154. The molecule has 0 aliphatic carbocycles. The molecular formula is C76H68N2O2. The number of fused-ring (bicyclic) bond motifs is 6. The molecule has 80 heavy (non-hydrogen) atoms. The van der Waals surface area contributed by atoms with Gasteiger partial charge in [-0.2, -0.15) is 0 Å². The monoisotopic (exact) mass is 1040 g/mol. The molecule has 0 aromatic heterocycles. The Morgan fingerprint density at radius 2 is 0.588 bits per heavy atom. The number of hydrogen-bond acceptors (Lipinski definition) is 4. The lowest BCUT2D eigenvalue weighted by Crippen LogP contribution is -2.13. The zero-order valence-corrected chi connectivity index (χ0v) is 47.7. The minimum absolute atomic E-state index is 0.0176. The van der Waals surface area contributed by atoms with Gasteiger partial charge >= 0.3 is 0 Å². The van der Waals surface area contributed by atoms with E-state index < -0.39 is 0 Å². The van der Waals surface area contributed by atoms with Crippen LogP contribution in [0.15, 0.2) is 218 Å². The molecule has 4 heteroatoms. The molecule has 0 spiro atoms. The molecule has 0 aliphatic rings. The quantitative estimate of drug-likeness (QED) is 0.122. The number of nitrogens with zero attached hydrogens (tertiary/aromatic N) is 2. The molecule has 0 aliphatic heterocycles. The van der Waals surface area contributed by atoms with E-state index in [9.17, 15) is 0 Å². The van der Waals surface area contributed by atoms with E-state index in [-0.39, 0.29) is 23.0 Å². The average Bonchev–Trinajstić information content (AvgIpc) is 4.13. The molecule has 0 radical (unpaired) electrons. The number of benzene rings is 11. The van der Waals surface area contributed by atoms with Crippen LogP contribution < -0.4 is 19.3 Å². The van der Waals surface area contributed by atoms with Crippen molar-refractivity contribution in [1.82, 2.24) is 0 Å². The predicted molar refractivity (Wildman–Crippen MR) is 343 cm³/mol. The van der Waals surface area contributed by atoms with Gasteiger partial charge in [0.1, 0.15) is 11.5 Å². The predicted octanol–water partition coefficient (Wildman–Crippen LogP) is 21.9. The lowest BCUT2D eigenvalue weighted by molar-refractivity contribution is 0.242. The van der Waals surface area contributed by atoms with Crippen LogP contribution in [0.3, 0.4) is 0 Å². The van der Waals surface area contributed by atoms with Gasteiger partial charge in [-0.1, -0.05) is 175 Å². The van der Waals surface area contributed by atoms with Crippen molar-refractivity contribution in [2.75, 3.05) is 9.80 Å². The largest absolute Gasteiger partial charge is 0.491 e. The van der Waals surface area contributed by atoms with E-state index >= 15 is 0 Å². The first-order chi connectivity index (χ1) is 38.6. The third-order valence-corrected chi connectivity index (χ3v) is 16.1. The number of anilines is 6. The number of hydrogen-bond donors (Lipinski definition) is 0. The van der Waals surface area contributed by atoms with Gasteiger partial charge in [-0.05, 0) is 211 Å². The van der Waals surface area contributed by atoms with Crippen molar-refractivity contribution < 1.29 is 9.47 Å². The van der Waals surface area contributed by atoms with Gasteiger partial charge in [0.05, 0.1) is 23.6 Å². The first kappa shape index (κ1) is 50.6. The summed E-state index contributed by atoms with van der Waals surface area (Å²) >= 11 is 0. The minimum Gasteiger partial charge on any atom is -0.491 e. The Bertz CT molecular complexity index is 4040. The lowest BCUT2D eigenvalue weighted by atomic mass is 9.87. The van der Waals surface area contributed by atoms with Gasteiger partial charge in [-0.25, -0.2) is 0 Å². The average molecular weight is 1040 g/mol. The Kier molecular flexibility index (Phi) is 12.3. The lowest BCUT2D eigenvalue weighted by Gasteiger charge is -2.28. The zero-order chi connectivity index (χ0) is 55.2. The normalized spacial score (nSPS) is 12.3. The van der Waals surface area contributed by atoms with E-state index in [2.05, 4.69) is 297 Å². The van der Waals surface area contributed by atoms with Crippen molar-refractivity contribution in [2.45, 2.75) is 92.3 Å². The van der Waals surface area contributed by atoms with E-state index in [4.69, 9.17) is 9.47 Å². The van der Waals surface area contributed by atoms with Gasteiger partial charge in [0.15, 0.2) is 0 Å². The molecule has 394 valence electrons. The molecular weight excluding hydrogens is 973 g/mol. The van der Waals surface area contributed by atoms with Crippen molar-refractivity contribution in [3.05, 3.63) is 230 Å². The molecule has 0 N–H and O–H groups in total. The molecule has 13 aromatic rings. The summed E-state index contributed by atoms with van der Waals surface area (Å²) in [5.41, 5.74) is 14.1. The fourth-order valence-electron chi connectivity index (χ4n) is 12.6. The Hall–Kier alpha value is -8.86. The molecule has 13 rings (SSSR count). The zero-order valence-electron chi connectivity index (χ0n) is 47.7. The number of rotatable bonds is 12. The fourth-order valence-corrected chi connectivity index (χ4v) is 12.6. The first-order valence-electron chi connectivity index (χ1n) is 28.4. The van der Waals surface area contributed by atoms with Gasteiger partial charge in [-0.15, -0.1) is 0 Å². The minimum atomic E-state index is 0.0176. The van der Waals surface area contributed by atoms with E-state index in [1.165, 1.54) is 98.0 Å². The maximum Gasteiger partial charge on any atom is 0.119 e. The van der Waals surface area contributed by atoms with E-state index in [1.807, 2.05) is 0 Å². The Morgan fingerprint density at radius 1 is 0.287 bits per heavy atom. The highest BCUT2D eigenvalue weighted by atomic mass is 16.5. The second-order valence-corrected chi connectivity index (χ2v) is 24.3. The highest BCUT2D eigenvalue weighted by Crippen LogP contribution is 2.58. The van der Waals surface area contributed by atoms with Crippen molar-refractivity contribution in [3.63, 3.8) is 0 Å². The van der Waals surface area contributed by atoms with Gasteiger partial charge in [-0.3, -0.25) is 0 Å². The van der Waals surface area contributed by atoms with Crippen LogP contribution in [0.1, 0.15) is 80.4 Å². The van der Waals surface area contributed by atoms with Crippen LogP contribution in [0, 0.1) is 0 Å². The summed E-state index contributed by atoms with van der Waals surface area (Å²) < 4.78 is 12.4. The summed E-state index contributed by atoms with van der Waals surface area (Å²) in [5, 5.41) is 15.0. The van der Waals surface area contributed by atoms with Crippen LogP contribution >= 0.6 is 0 Å². The van der Waals surface area contributed by atoms with Crippen LogP contribution in [0.2, 0.25) is 0 Å². The van der Waals surface area contributed by atoms with Crippen LogP contribution in [-0.2, 0) is 10.8 Å². The number of ether oxygens (including phenoxy) is 2. The Labute approximate surface area is 471 Å². The molecule has 0 atom stereocenters. The van der Waals surface area contributed by atoms with Crippen LogP contribution in [-0.4, -0.2) is 12.2 Å².